The maximum Gasteiger partial charge on any atom is 0.433 e. The first kappa shape index (κ1) is 19.8. The monoisotopic (exact) mass is 400 g/mol. The summed E-state index contributed by atoms with van der Waals surface area (Å²) in [7, 11) is 1.18. The molecule has 0 amide bonds. The largest absolute Gasteiger partial charge is 0.497 e. The normalized spacial score (nSPS) is 27.2. The van der Waals surface area contributed by atoms with Crippen LogP contribution in [-0.2, 0) is 0 Å². The average molecular weight is 400 g/mol. The van der Waals surface area contributed by atoms with Crippen molar-refractivity contribution in [3.05, 3.63) is 71.9 Å². The Balaban J connectivity index is 2.21. The number of rotatable bonds is 4. The maximum absolute atomic E-state index is 15.8. The van der Waals surface area contributed by atoms with E-state index < -0.39 is 63.8 Å². The van der Waals surface area contributed by atoms with Crippen molar-refractivity contribution in [3.63, 3.8) is 0 Å². The number of hydrogen-bond acceptors (Lipinski definition) is 1. The van der Waals surface area contributed by atoms with Crippen LogP contribution in [0.3, 0.4) is 0 Å². The summed E-state index contributed by atoms with van der Waals surface area (Å²) in [6, 6.07) is 1.62. The molecule has 27 heavy (non-hydrogen) atoms. The van der Waals surface area contributed by atoms with Crippen LogP contribution in [0.4, 0.5) is 26.3 Å². The Morgan fingerprint density at radius 1 is 0.852 bits per heavy atom. The maximum atomic E-state index is 15.8. The van der Waals surface area contributed by atoms with Gasteiger partial charge in [-0.3, -0.25) is 8.78 Å². The van der Waals surface area contributed by atoms with Crippen LogP contribution in [0.25, 0.3) is 0 Å². The Labute approximate surface area is 156 Å². The molecule has 0 heterocycles. The zero-order valence-corrected chi connectivity index (χ0v) is 15.4. The van der Waals surface area contributed by atoms with Crippen LogP contribution < -0.4 is 9.16 Å². The van der Waals surface area contributed by atoms with Crippen molar-refractivity contribution < 1.29 is 31.1 Å². The summed E-state index contributed by atoms with van der Waals surface area (Å²) in [4.78, 5) is 0. The molecule has 3 rings (SSSR count). The molecule has 2 aliphatic rings. The molecule has 1 aromatic carbocycles. The van der Waals surface area contributed by atoms with E-state index in [2.05, 4.69) is 0 Å². The van der Waals surface area contributed by atoms with Crippen LogP contribution in [-0.4, -0.2) is 30.3 Å². The van der Waals surface area contributed by atoms with Gasteiger partial charge in [-0.2, -0.15) is 0 Å². The summed E-state index contributed by atoms with van der Waals surface area (Å²) in [6.07, 6.45) is 4.15. The third-order valence-electron chi connectivity index (χ3n) is 4.72. The van der Waals surface area contributed by atoms with Gasteiger partial charge in [-0.1, -0.05) is 24.3 Å². The number of halogens is 6. The molecule has 0 aromatic heterocycles. The first-order valence-corrected chi connectivity index (χ1v) is 9.90. The zero-order chi connectivity index (χ0) is 19.8. The summed E-state index contributed by atoms with van der Waals surface area (Å²) >= 11 is -4.05. The summed E-state index contributed by atoms with van der Waals surface area (Å²) in [5, 5.41) is 0. The van der Waals surface area contributed by atoms with Gasteiger partial charge >= 0.3 is 14.1 Å². The van der Waals surface area contributed by atoms with Crippen LogP contribution in [0.5, 0.6) is 5.75 Å². The van der Waals surface area contributed by atoms with Crippen molar-refractivity contribution in [2.75, 3.05) is 7.11 Å². The Morgan fingerprint density at radius 2 is 1.30 bits per heavy atom. The van der Waals surface area contributed by atoms with Gasteiger partial charge in [0.1, 0.15) is 29.0 Å². The van der Waals surface area contributed by atoms with E-state index in [0.717, 1.165) is 48.6 Å². The summed E-state index contributed by atoms with van der Waals surface area (Å²) in [6.45, 7) is 0. The minimum absolute atomic E-state index is 0.169. The quantitative estimate of drug-likeness (QED) is 0.521. The summed E-state index contributed by atoms with van der Waals surface area (Å²) in [5.41, 5.74) is 0. The summed E-state index contributed by atoms with van der Waals surface area (Å²) < 4.78 is 87.2. The molecule has 2 atom stereocenters. The lowest BCUT2D eigenvalue weighted by Crippen LogP contribution is -2.64. The van der Waals surface area contributed by atoms with E-state index in [1.54, 1.807) is 0 Å². The van der Waals surface area contributed by atoms with E-state index >= 15 is 8.78 Å². The minimum Gasteiger partial charge on any atom is -0.497 e. The van der Waals surface area contributed by atoms with Crippen molar-refractivity contribution in [3.8, 4) is 5.75 Å². The molecule has 0 aliphatic heterocycles. The molecule has 0 bridgehead atoms. The second-order valence-electron chi connectivity index (χ2n) is 6.59. The fraction of sp³-hybridized carbons (Fsp3) is 0.263. The predicted octanol–water partition coefficient (Wildman–Crippen LogP) is 4.80. The van der Waals surface area contributed by atoms with Crippen LogP contribution in [0, 0.1) is 11.6 Å². The van der Waals surface area contributed by atoms with Gasteiger partial charge in [-0.05, 0) is 16.6 Å². The van der Waals surface area contributed by atoms with Crippen LogP contribution in [0.15, 0.2) is 60.2 Å². The first-order chi connectivity index (χ1) is 12.7. The Kier molecular flexibility index (Phi) is 5.33. The van der Waals surface area contributed by atoms with Gasteiger partial charge in [0.15, 0.2) is 0 Å². The number of ether oxygens (including phenoxy) is 1. The molecule has 2 aliphatic carbocycles. The smallest absolute Gasteiger partial charge is 0.433 e. The van der Waals surface area contributed by atoms with Gasteiger partial charge < -0.3 is 4.74 Å². The van der Waals surface area contributed by atoms with Gasteiger partial charge in [0.05, 0.1) is 16.2 Å². The van der Waals surface area contributed by atoms with Gasteiger partial charge in [-0.15, -0.1) is 0 Å². The standard InChI is InChI=1S/C7H5F2O.2C6H5F2.Al/c1-10-7-3-5(8)2-6(9)4-7;2*7-5-2-1-3-6(8)4-5;/h3-4H,1H3;2*1-3H,4H2;. The Bertz CT molecular complexity index is 812. The Hall–Kier alpha value is -1.91. The van der Waals surface area contributed by atoms with Gasteiger partial charge in [0, 0.05) is 25.0 Å². The molecular weight excluding hydrogens is 385 g/mol. The molecule has 1 aromatic rings. The van der Waals surface area contributed by atoms with Gasteiger partial charge in [-0.25, -0.2) is 17.6 Å². The predicted molar refractivity (Wildman–Crippen MR) is 91.9 cm³/mol. The molecule has 0 saturated heterocycles. The lowest BCUT2D eigenvalue weighted by molar-refractivity contribution is 0.257. The van der Waals surface area contributed by atoms with E-state index in [0.29, 0.717) is 0 Å². The van der Waals surface area contributed by atoms with Crippen molar-refractivity contribution in [2.45, 2.75) is 21.9 Å². The lowest BCUT2D eigenvalue weighted by Gasteiger charge is -2.38. The average Bonchev–Trinajstić information content (AvgIpc) is 2.56. The van der Waals surface area contributed by atoms with Crippen molar-refractivity contribution in [1.29, 1.82) is 0 Å². The number of benzene rings is 1. The van der Waals surface area contributed by atoms with Crippen molar-refractivity contribution in [1.82, 2.24) is 0 Å². The van der Waals surface area contributed by atoms with E-state index in [4.69, 9.17) is 4.74 Å². The Morgan fingerprint density at radius 3 is 1.67 bits per heavy atom. The molecule has 0 saturated carbocycles. The van der Waals surface area contributed by atoms with Gasteiger partial charge in [0.25, 0.3) is 0 Å². The number of allylic oxidation sites excluding steroid dienone is 8. The van der Waals surface area contributed by atoms with Gasteiger partial charge in [0.2, 0.25) is 0 Å². The number of alkyl halides is 2. The number of methoxy groups -OCH3 is 1. The molecule has 142 valence electrons. The molecule has 0 spiro atoms. The highest BCUT2D eigenvalue weighted by molar-refractivity contribution is 6.79. The second-order valence-corrected chi connectivity index (χ2v) is 9.95. The molecule has 1 nitrogen and oxygen atoms in total. The van der Waals surface area contributed by atoms with E-state index in [1.807, 2.05) is 0 Å². The SMILES string of the molecule is COc1cc(F)[c]([Al]([C]2(F)C=CC=C(F)C2)[C]2(F)C=CC=C(F)C2)c(F)c1. The number of hydrogen-bond donors (Lipinski definition) is 0. The molecule has 0 radical (unpaired) electrons. The summed E-state index contributed by atoms with van der Waals surface area (Å²) in [5.74, 6) is -4.34. The molecular formula is C19H15AlF6O. The van der Waals surface area contributed by atoms with Crippen molar-refractivity contribution in [2.24, 2.45) is 0 Å². The fourth-order valence-corrected chi connectivity index (χ4v) is 7.49. The highest BCUT2D eigenvalue weighted by Gasteiger charge is 2.60. The highest BCUT2D eigenvalue weighted by atomic mass is 27.2. The first-order valence-electron chi connectivity index (χ1n) is 8.17. The molecule has 8 heteroatoms. The molecule has 0 fully saturated rings. The van der Waals surface area contributed by atoms with E-state index in [9.17, 15) is 17.6 Å². The zero-order valence-electron chi connectivity index (χ0n) is 14.3. The third-order valence-corrected chi connectivity index (χ3v) is 8.56. The topological polar surface area (TPSA) is 9.23 Å². The highest BCUT2D eigenvalue weighted by Crippen LogP contribution is 2.41. The minimum atomic E-state index is -4.05. The van der Waals surface area contributed by atoms with E-state index in [1.165, 1.54) is 7.11 Å². The molecule has 2 unspecified atom stereocenters. The lowest BCUT2D eigenvalue weighted by atomic mass is 10.1. The van der Waals surface area contributed by atoms with Crippen LogP contribution >= 0.6 is 0 Å². The van der Waals surface area contributed by atoms with Crippen LogP contribution in [0.1, 0.15) is 12.8 Å². The second kappa shape index (κ2) is 7.25. The fourth-order valence-electron chi connectivity index (χ4n) is 3.61. The van der Waals surface area contributed by atoms with Crippen molar-refractivity contribution >= 4 is 18.6 Å². The van der Waals surface area contributed by atoms with E-state index in [-0.39, 0.29) is 5.75 Å². The third kappa shape index (κ3) is 3.74. The van der Waals surface area contributed by atoms with Crippen LogP contribution in [0.2, 0.25) is 0 Å². The molecule has 0 N–H and O–H groups in total.